The highest BCUT2D eigenvalue weighted by Crippen LogP contribution is 2.27. The van der Waals surface area contributed by atoms with Crippen molar-refractivity contribution in [3.8, 4) is 0 Å². The highest BCUT2D eigenvalue weighted by atomic mass is 32.2. The molecule has 4 rings (SSSR count). The zero-order valence-electron chi connectivity index (χ0n) is 12.9. The molecule has 120 valence electrons. The maximum absolute atomic E-state index is 4.73. The van der Waals surface area contributed by atoms with Gasteiger partial charge in [0.1, 0.15) is 5.00 Å². The van der Waals surface area contributed by atoms with Crippen LogP contribution in [0.1, 0.15) is 5.69 Å². The monoisotopic (exact) mass is 347 g/mol. The number of amidine groups is 2. The van der Waals surface area contributed by atoms with Crippen molar-refractivity contribution >= 4 is 46.2 Å². The molecule has 7 nitrogen and oxygen atoms in total. The number of aryl methyl sites for hydroxylation is 1. The fourth-order valence-electron chi connectivity index (χ4n) is 2.82. The number of hydrazone groups is 1. The van der Waals surface area contributed by atoms with Crippen LogP contribution < -0.4 is 10.7 Å². The van der Waals surface area contributed by atoms with Crippen LogP contribution >= 0.6 is 23.3 Å². The zero-order chi connectivity index (χ0) is 15.8. The van der Waals surface area contributed by atoms with E-state index in [4.69, 9.17) is 9.98 Å². The molecule has 2 unspecified atom stereocenters. The molecule has 2 atom stereocenters. The standard InChI is InChI=1S/C14H17N7S2/c1-8-3-11(23-20-8)18-13-14-15-6-10(9-4-16-17-5-9)21(14)7-12(19-13)22-2/h3-4,7,9-10,17H,5-6H2,1-2H3,(H,18,19). The Bertz CT molecular complexity index is 733. The number of rotatable bonds is 3. The molecule has 0 spiro atoms. The average molecular weight is 347 g/mol. The molecule has 0 saturated carbocycles. The van der Waals surface area contributed by atoms with E-state index in [1.165, 1.54) is 11.5 Å². The number of hydrogen-bond acceptors (Lipinski definition) is 8. The molecule has 0 amide bonds. The molecule has 0 aromatic carbocycles. The zero-order valence-corrected chi connectivity index (χ0v) is 14.5. The smallest absolute Gasteiger partial charge is 0.175 e. The number of fused-ring (bicyclic) bond motifs is 1. The van der Waals surface area contributed by atoms with Crippen molar-refractivity contribution in [2.75, 3.05) is 19.3 Å². The Hall–Kier alpha value is -1.87. The lowest BCUT2D eigenvalue weighted by atomic mass is 10.0. The quantitative estimate of drug-likeness (QED) is 0.867. The third-order valence-corrected chi connectivity index (χ3v) is 5.40. The Morgan fingerprint density at radius 3 is 3.09 bits per heavy atom. The average Bonchev–Trinajstić information content (AvgIpc) is 3.27. The van der Waals surface area contributed by atoms with Gasteiger partial charge in [-0.2, -0.15) is 9.47 Å². The van der Waals surface area contributed by atoms with E-state index in [0.29, 0.717) is 12.0 Å². The molecule has 0 radical (unpaired) electrons. The minimum absolute atomic E-state index is 0.293. The van der Waals surface area contributed by atoms with E-state index in [2.05, 4.69) is 37.6 Å². The van der Waals surface area contributed by atoms with Crippen LogP contribution in [0.5, 0.6) is 0 Å². The predicted octanol–water partition coefficient (Wildman–Crippen LogP) is 1.53. The van der Waals surface area contributed by atoms with Gasteiger partial charge in [0, 0.05) is 24.9 Å². The SMILES string of the molecule is CSC1=CN2C(=NCC2C2C=NNC2)C(=Nc2cc(C)ns2)N1. The molecule has 4 heterocycles. The maximum atomic E-state index is 4.73. The first-order valence-electron chi connectivity index (χ1n) is 7.38. The van der Waals surface area contributed by atoms with Gasteiger partial charge in [0.15, 0.2) is 11.7 Å². The highest BCUT2D eigenvalue weighted by Gasteiger charge is 2.38. The summed E-state index contributed by atoms with van der Waals surface area (Å²) in [4.78, 5) is 11.7. The lowest BCUT2D eigenvalue weighted by Crippen LogP contribution is -2.48. The van der Waals surface area contributed by atoms with Crippen molar-refractivity contribution in [2.45, 2.75) is 13.0 Å². The van der Waals surface area contributed by atoms with Crippen molar-refractivity contribution in [1.29, 1.82) is 0 Å². The van der Waals surface area contributed by atoms with E-state index in [1.54, 1.807) is 11.8 Å². The number of thioether (sulfide) groups is 1. The summed E-state index contributed by atoms with van der Waals surface area (Å²) < 4.78 is 4.29. The lowest BCUT2D eigenvalue weighted by molar-refractivity contribution is 0.372. The fraction of sp³-hybridized carbons (Fsp3) is 0.429. The first kappa shape index (κ1) is 14.7. The summed E-state index contributed by atoms with van der Waals surface area (Å²) in [6.45, 7) is 3.60. The van der Waals surface area contributed by atoms with Gasteiger partial charge in [0.05, 0.1) is 23.3 Å². The molecule has 1 aromatic heterocycles. The molecule has 3 aliphatic heterocycles. The second-order valence-corrected chi connectivity index (χ2v) is 7.16. The number of hydrogen-bond donors (Lipinski definition) is 2. The van der Waals surface area contributed by atoms with Crippen molar-refractivity contribution in [3.63, 3.8) is 0 Å². The van der Waals surface area contributed by atoms with Gasteiger partial charge in [-0.15, -0.1) is 11.8 Å². The molecule has 1 aromatic rings. The van der Waals surface area contributed by atoms with Crippen LogP contribution in [0.4, 0.5) is 5.00 Å². The summed E-state index contributed by atoms with van der Waals surface area (Å²) in [6, 6.07) is 2.28. The molecule has 3 aliphatic rings. The summed E-state index contributed by atoms with van der Waals surface area (Å²) in [5.74, 6) is 2.06. The molecule has 23 heavy (non-hydrogen) atoms. The van der Waals surface area contributed by atoms with Crippen LogP contribution in [0.2, 0.25) is 0 Å². The number of nitrogens with one attached hydrogen (secondary N) is 2. The van der Waals surface area contributed by atoms with Gasteiger partial charge in [-0.25, -0.2) is 4.99 Å². The first-order chi connectivity index (χ1) is 11.2. The Morgan fingerprint density at radius 1 is 1.48 bits per heavy atom. The van der Waals surface area contributed by atoms with Crippen molar-refractivity contribution < 1.29 is 0 Å². The predicted molar refractivity (Wildman–Crippen MR) is 96.6 cm³/mol. The molecular weight excluding hydrogens is 330 g/mol. The Morgan fingerprint density at radius 2 is 2.39 bits per heavy atom. The summed E-state index contributed by atoms with van der Waals surface area (Å²) in [7, 11) is 0. The highest BCUT2D eigenvalue weighted by molar-refractivity contribution is 8.02. The normalized spacial score (nSPS) is 27.6. The molecule has 0 aliphatic carbocycles. The van der Waals surface area contributed by atoms with E-state index in [9.17, 15) is 0 Å². The van der Waals surface area contributed by atoms with Crippen LogP contribution in [0.3, 0.4) is 0 Å². The van der Waals surface area contributed by atoms with Crippen LogP contribution in [0, 0.1) is 12.8 Å². The third kappa shape index (κ3) is 2.74. The van der Waals surface area contributed by atoms with Crippen molar-refractivity contribution in [3.05, 3.63) is 23.0 Å². The Kier molecular flexibility index (Phi) is 3.82. The first-order valence-corrected chi connectivity index (χ1v) is 9.38. The van der Waals surface area contributed by atoms with Crippen LogP contribution in [-0.2, 0) is 0 Å². The van der Waals surface area contributed by atoms with Crippen LogP contribution in [-0.4, -0.2) is 52.5 Å². The summed E-state index contributed by atoms with van der Waals surface area (Å²) in [5.41, 5.74) is 4.03. The van der Waals surface area contributed by atoms with E-state index < -0.39 is 0 Å². The van der Waals surface area contributed by atoms with E-state index in [-0.39, 0.29) is 0 Å². The van der Waals surface area contributed by atoms with Crippen molar-refractivity contribution in [1.82, 2.24) is 20.0 Å². The molecule has 0 bridgehead atoms. The van der Waals surface area contributed by atoms with Gasteiger partial charge >= 0.3 is 0 Å². The molecular formula is C14H17N7S2. The summed E-state index contributed by atoms with van der Waals surface area (Å²) >= 11 is 3.07. The largest absolute Gasteiger partial charge is 0.331 e. The second-order valence-electron chi connectivity index (χ2n) is 5.53. The molecule has 9 heteroatoms. The number of nitrogens with zero attached hydrogens (tertiary/aromatic N) is 5. The third-order valence-electron chi connectivity index (χ3n) is 3.98. The van der Waals surface area contributed by atoms with Gasteiger partial charge in [-0.1, -0.05) is 0 Å². The minimum Gasteiger partial charge on any atom is -0.331 e. The molecule has 2 N–H and O–H groups in total. The number of aromatic nitrogens is 1. The van der Waals surface area contributed by atoms with E-state index >= 15 is 0 Å². The Labute approximate surface area is 142 Å². The van der Waals surface area contributed by atoms with E-state index in [1.807, 2.05) is 19.2 Å². The second kappa shape index (κ2) is 5.97. The molecule has 0 fully saturated rings. The van der Waals surface area contributed by atoms with Crippen LogP contribution in [0.15, 0.2) is 32.4 Å². The Balaban J connectivity index is 1.66. The topological polar surface area (TPSA) is 77.3 Å². The minimum atomic E-state index is 0.293. The van der Waals surface area contributed by atoms with Crippen LogP contribution in [0.25, 0.3) is 0 Å². The number of aliphatic imine (C=N–C) groups is 2. The van der Waals surface area contributed by atoms with Crippen molar-refractivity contribution in [2.24, 2.45) is 21.0 Å². The van der Waals surface area contributed by atoms with Gasteiger partial charge < -0.3 is 15.6 Å². The fourth-order valence-corrected chi connectivity index (χ4v) is 3.89. The summed E-state index contributed by atoms with van der Waals surface area (Å²) in [6.07, 6.45) is 6.17. The molecule has 0 saturated heterocycles. The maximum Gasteiger partial charge on any atom is 0.175 e. The van der Waals surface area contributed by atoms with Gasteiger partial charge in [0.25, 0.3) is 0 Å². The van der Waals surface area contributed by atoms with Gasteiger partial charge in [-0.3, -0.25) is 4.99 Å². The van der Waals surface area contributed by atoms with Gasteiger partial charge in [-0.05, 0) is 30.8 Å². The van der Waals surface area contributed by atoms with Gasteiger partial charge in [0.2, 0.25) is 0 Å². The lowest BCUT2D eigenvalue weighted by Gasteiger charge is -2.32. The van der Waals surface area contributed by atoms with E-state index in [0.717, 1.165) is 40.5 Å². The summed E-state index contributed by atoms with van der Waals surface area (Å²) in [5, 5.41) is 9.48.